The minimum Gasteiger partial charge on any atom is -0.496 e. The van der Waals surface area contributed by atoms with Crippen LogP contribution in [0.5, 0.6) is 5.75 Å². The lowest BCUT2D eigenvalue weighted by Crippen LogP contribution is -2.19. The summed E-state index contributed by atoms with van der Waals surface area (Å²) < 4.78 is 19.8. The molecule has 0 fully saturated rings. The molecule has 0 amide bonds. The van der Waals surface area contributed by atoms with Crippen LogP contribution in [0, 0.1) is 26.6 Å². The topological polar surface area (TPSA) is 21.3 Å². The third kappa shape index (κ3) is 2.93. The Hall–Kier alpha value is -1.87. The fraction of sp³-hybridized carbons (Fsp3) is 0.333. The normalized spacial score (nSPS) is 12.3. The molecule has 2 aromatic carbocycles. The summed E-state index contributed by atoms with van der Waals surface area (Å²) in [5, 5.41) is 3.21. The lowest BCUT2D eigenvalue weighted by atomic mass is 9.94. The van der Waals surface area contributed by atoms with E-state index < -0.39 is 0 Å². The number of hydrogen-bond donors (Lipinski definition) is 1. The van der Waals surface area contributed by atoms with Gasteiger partial charge in [-0.15, -0.1) is 0 Å². The first kappa shape index (κ1) is 15.5. The van der Waals surface area contributed by atoms with E-state index in [4.69, 9.17) is 4.74 Å². The van der Waals surface area contributed by atoms with E-state index in [9.17, 15) is 4.39 Å². The highest BCUT2D eigenvalue weighted by Crippen LogP contribution is 2.31. The molecule has 0 radical (unpaired) electrons. The molecule has 21 heavy (non-hydrogen) atoms. The Balaban J connectivity index is 2.54. The van der Waals surface area contributed by atoms with Gasteiger partial charge in [0.05, 0.1) is 13.2 Å². The van der Waals surface area contributed by atoms with E-state index in [0.29, 0.717) is 11.1 Å². The van der Waals surface area contributed by atoms with Crippen molar-refractivity contribution >= 4 is 0 Å². The van der Waals surface area contributed by atoms with Crippen LogP contribution >= 0.6 is 0 Å². The van der Waals surface area contributed by atoms with Crippen molar-refractivity contribution < 1.29 is 9.13 Å². The molecular formula is C18H22FNO. The summed E-state index contributed by atoms with van der Waals surface area (Å²) in [6.07, 6.45) is 0. The van der Waals surface area contributed by atoms with Crippen molar-refractivity contribution in [3.8, 4) is 5.75 Å². The van der Waals surface area contributed by atoms with Crippen molar-refractivity contribution in [3.63, 3.8) is 0 Å². The molecule has 0 heterocycles. The first-order valence-corrected chi connectivity index (χ1v) is 7.07. The van der Waals surface area contributed by atoms with Crippen LogP contribution in [0.1, 0.15) is 33.9 Å². The average molecular weight is 287 g/mol. The Morgan fingerprint density at radius 1 is 1.05 bits per heavy atom. The van der Waals surface area contributed by atoms with Crippen molar-refractivity contribution in [2.24, 2.45) is 0 Å². The van der Waals surface area contributed by atoms with E-state index >= 15 is 0 Å². The summed E-state index contributed by atoms with van der Waals surface area (Å²) in [6.45, 7) is 5.80. The molecule has 1 unspecified atom stereocenters. The lowest BCUT2D eigenvalue weighted by molar-refractivity contribution is 0.408. The highest BCUT2D eigenvalue weighted by molar-refractivity contribution is 5.46. The number of benzene rings is 2. The van der Waals surface area contributed by atoms with Crippen LogP contribution in [0.2, 0.25) is 0 Å². The molecule has 0 bridgehead atoms. The predicted octanol–water partition coefficient (Wildman–Crippen LogP) is 4.07. The van der Waals surface area contributed by atoms with Crippen LogP contribution in [0.3, 0.4) is 0 Å². The maximum Gasteiger partial charge on any atom is 0.131 e. The van der Waals surface area contributed by atoms with Gasteiger partial charge in [0.15, 0.2) is 0 Å². The molecule has 2 rings (SSSR count). The summed E-state index contributed by atoms with van der Waals surface area (Å²) in [5.41, 5.74) is 4.48. The molecule has 112 valence electrons. The largest absolute Gasteiger partial charge is 0.496 e. The number of ether oxygens (including phenoxy) is 1. The van der Waals surface area contributed by atoms with Crippen molar-refractivity contribution in [3.05, 3.63) is 64.0 Å². The van der Waals surface area contributed by atoms with Gasteiger partial charge in [0.1, 0.15) is 11.6 Å². The van der Waals surface area contributed by atoms with Gasteiger partial charge in [-0.05, 0) is 50.1 Å². The number of aryl methyl sites for hydroxylation is 3. The van der Waals surface area contributed by atoms with Gasteiger partial charge in [-0.25, -0.2) is 4.39 Å². The van der Waals surface area contributed by atoms with E-state index in [0.717, 1.165) is 22.4 Å². The van der Waals surface area contributed by atoms with Gasteiger partial charge >= 0.3 is 0 Å². The number of hydrogen-bond acceptors (Lipinski definition) is 2. The molecule has 2 aromatic rings. The minimum absolute atomic E-state index is 0.150. The Labute approximate surface area is 126 Å². The second-order valence-electron chi connectivity index (χ2n) is 5.39. The lowest BCUT2D eigenvalue weighted by Gasteiger charge is -2.21. The second-order valence-corrected chi connectivity index (χ2v) is 5.39. The average Bonchev–Trinajstić information content (AvgIpc) is 2.44. The first-order chi connectivity index (χ1) is 9.99. The molecular weight excluding hydrogens is 265 g/mol. The van der Waals surface area contributed by atoms with Crippen molar-refractivity contribution in [1.82, 2.24) is 5.32 Å². The minimum atomic E-state index is -0.173. The third-order valence-electron chi connectivity index (χ3n) is 3.84. The third-order valence-corrected chi connectivity index (χ3v) is 3.84. The van der Waals surface area contributed by atoms with Gasteiger partial charge < -0.3 is 10.1 Å². The molecule has 1 atom stereocenters. The Morgan fingerprint density at radius 3 is 2.19 bits per heavy atom. The van der Waals surface area contributed by atoms with Gasteiger partial charge in [-0.3, -0.25) is 0 Å². The predicted molar refractivity (Wildman–Crippen MR) is 84.5 cm³/mol. The highest BCUT2D eigenvalue weighted by atomic mass is 19.1. The summed E-state index contributed by atoms with van der Waals surface area (Å²) in [7, 11) is 3.52. The van der Waals surface area contributed by atoms with E-state index in [1.807, 2.05) is 33.0 Å². The first-order valence-electron chi connectivity index (χ1n) is 7.07. The number of nitrogens with one attached hydrogen (secondary N) is 1. The van der Waals surface area contributed by atoms with Gasteiger partial charge in [-0.1, -0.05) is 30.3 Å². The van der Waals surface area contributed by atoms with Gasteiger partial charge in [-0.2, -0.15) is 0 Å². The summed E-state index contributed by atoms with van der Waals surface area (Å²) in [5.74, 6) is 0.737. The maximum atomic E-state index is 14.4. The van der Waals surface area contributed by atoms with Crippen molar-refractivity contribution in [2.45, 2.75) is 26.8 Å². The second kappa shape index (κ2) is 6.27. The standard InChI is InChI=1S/C18H22FNO/c1-11-7-6-8-15(16(11)19)17(20-4)14-9-12(2)18(21-5)13(3)10-14/h6-10,17,20H,1-5H3. The zero-order valence-electron chi connectivity index (χ0n) is 13.3. The van der Waals surface area contributed by atoms with Crippen LogP contribution in [0.25, 0.3) is 0 Å². The molecule has 3 heteroatoms. The molecule has 0 aliphatic heterocycles. The number of methoxy groups -OCH3 is 1. The fourth-order valence-electron chi connectivity index (χ4n) is 2.87. The molecule has 2 nitrogen and oxygen atoms in total. The highest BCUT2D eigenvalue weighted by Gasteiger charge is 2.19. The van der Waals surface area contributed by atoms with Gasteiger partial charge in [0, 0.05) is 5.56 Å². The Bertz CT molecular complexity index is 629. The van der Waals surface area contributed by atoms with E-state index in [2.05, 4.69) is 17.4 Å². The molecule has 0 saturated carbocycles. The van der Waals surface area contributed by atoms with E-state index in [-0.39, 0.29) is 11.9 Å². The summed E-state index contributed by atoms with van der Waals surface area (Å²) >= 11 is 0. The molecule has 0 saturated heterocycles. The SMILES string of the molecule is CNC(c1cc(C)c(OC)c(C)c1)c1cccc(C)c1F. The van der Waals surface area contributed by atoms with Crippen LogP contribution in [-0.2, 0) is 0 Å². The summed E-state index contributed by atoms with van der Waals surface area (Å²) in [6, 6.07) is 9.44. The summed E-state index contributed by atoms with van der Waals surface area (Å²) in [4.78, 5) is 0. The van der Waals surface area contributed by atoms with Crippen LogP contribution in [0.4, 0.5) is 4.39 Å². The Morgan fingerprint density at radius 2 is 1.67 bits per heavy atom. The maximum absolute atomic E-state index is 14.4. The van der Waals surface area contributed by atoms with Gasteiger partial charge in [0.2, 0.25) is 0 Å². The molecule has 0 aromatic heterocycles. The van der Waals surface area contributed by atoms with Crippen LogP contribution < -0.4 is 10.1 Å². The molecule has 0 aliphatic rings. The fourth-order valence-corrected chi connectivity index (χ4v) is 2.87. The monoisotopic (exact) mass is 287 g/mol. The number of halogens is 1. The van der Waals surface area contributed by atoms with Crippen molar-refractivity contribution in [2.75, 3.05) is 14.2 Å². The van der Waals surface area contributed by atoms with Crippen molar-refractivity contribution in [1.29, 1.82) is 0 Å². The van der Waals surface area contributed by atoms with Crippen LogP contribution in [-0.4, -0.2) is 14.2 Å². The van der Waals surface area contributed by atoms with Gasteiger partial charge in [0.25, 0.3) is 0 Å². The Kier molecular flexibility index (Phi) is 4.63. The molecule has 0 spiro atoms. The zero-order valence-corrected chi connectivity index (χ0v) is 13.3. The molecule has 0 aliphatic carbocycles. The van der Waals surface area contributed by atoms with E-state index in [1.165, 1.54) is 0 Å². The zero-order chi connectivity index (χ0) is 15.6. The van der Waals surface area contributed by atoms with Crippen LogP contribution in [0.15, 0.2) is 30.3 Å². The smallest absolute Gasteiger partial charge is 0.131 e. The van der Waals surface area contributed by atoms with E-state index in [1.54, 1.807) is 20.1 Å². The quantitative estimate of drug-likeness (QED) is 0.915. The number of rotatable bonds is 4. The molecule has 1 N–H and O–H groups in total.